The summed E-state index contributed by atoms with van der Waals surface area (Å²) in [5, 5.41) is 18.9. The van der Waals surface area contributed by atoms with Crippen LogP contribution >= 0.6 is 0 Å². The summed E-state index contributed by atoms with van der Waals surface area (Å²) in [6.45, 7) is 1.73. The van der Waals surface area contributed by atoms with Gasteiger partial charge in [-0.3, -0.25) is 0 Å². The highest BCUT2D eigenvalue weighted by Crippen LogP contribution is 2.29. The molecule has 0 spiro atoms. The number of rotatable bonds is 6. The van der Waals surface area contributed by atoms with E-state index >= 15 is 0 Å². The first-order valence-electron chi connectivity index (χ1n) is 5.66. The van der Waals surface area contributed by atoms with Gasteiger partial charge in [0, 0.05) is 5.41 Å². The predicted molar refractivity (Wildman–Crippen MR) is 61.8 cm³/mol. The van der Waals surface area contributed by atoms with Gasteiger partial charge in [0.25, 0.3) is 0 Å². The molecule has 2 N–H and O–H groups in total. The van der Waals surface area contributed by atoms with Gasteiger partial charge in [-0.1, -0.05) is 31.9 Å². The topological polar surface area (TPSA) is 40.5 Å². The minimum atomic E-state index is -0.710. The van der Waals surface area contributed by atoms with Gasteiger partial charge in [-0.05, 0) is 24.1 Å². The summed E-state index contributed by atoms with van der Waals surface area (Å²) in [5.74, 6) is -0.333. The van der Waals surface area contributed by atoms with Gasteiger partial charge in [0.15, 0.2) is 0 Å². The lowest BCUT2D eigenvalue weighted by Crippen LogP contribution is -2.34. The lowest BCUT2D eigenvalue weighted by molar-refractivity contribution is 0.107. The minimum absolute atomic E-state index is 0.160. The second-order valence-electron chi connectivity index (χ2n) is 4.21. The summed E-state index contributed by atoms with van der Waals surface area (Å²) >= 11 is 0. The van der Waals surface area contributed by atoms with E-state index in [2.05, 4.69) is 0 Å². The van der Waals surface area contributed by atoms with E-state index < -0.39 is 5.41 Å². The third kappa shape index (κ3) is 2.80. The van der Waals surface area contributed by atoms with Crippen molar-refractivity contribution in [2.24, 2.45) is 0 Å². The van der Waals surface area contributed by atoms with Crippen LogP contribution in [0.5, 0.6) is 0 Å². The van der Waals surface area contributed by atoms with Crippen molar-refractivity contribution in [3.05, 3.63) is 35.6 Å². The fourth-order valence-electron chi connectivity index (χ4n) is 1.87. The van der Waals surface area contributed by atoms with E-state index in [4.69, 9.17) is 0 Å². The Balaban J connectivity index is 2.99. The average molecular weight is 226 g/mol. The van der Waals surface area contributed by atoms with Crippen molar-refractivity contribution in [1.29, 1.82) is 0 Å². The van der Waals surface area contributed by atoms with E-state index in [1.165, 1.54) is 12.1 Å². The molecule has 0 unspecified atom stereocenters. The van der Waals surface area contributed by atoms with Gasteiger partial charge in [-0.2, -0.15) is 0 Å². The van der Waals surface area contributed by atoms with Crippen LogP contribution in [-0.2, 0) is 5.41 Å². The first-order chi connectivity index (χ1) is 7.68. The molecule has 2 nitrogen and oxygen atoms in total. The summed E-state index contributed by atoms with van der Waals surface area (Å²) in [4.78, 5) is 0. The summed E-state index contributed by atoms with van der Waals surface area (Å²) in [7, 11) is 0. The van der Waals surface area contributed by atoms with Gasteiger partial charge in [0.2, 0.25) is 0 Å². The summed E-state index contributed by atoms with van der Waals surface area (Å²) in [6.07, 6.45) is 2.55. The molecule has 0 atom stereocenters. The summed E-state index contributed by atoms with van der Waals surface area (Å²) in [6, 6.07) is 6.12. The Morgan fingerprint density at radius 3 is 2.44 bits per heavy atom. The van der Waals surface area contributed by atoms with Crippen molar-refractivity contribution < 1.29 is 14.6 Å². The van der Waals surface area contributed by atoms with Crippen molar-refractivity contribution >= 4 is 0 Å². The number of halogens is 1. The van der Waals surface area contributed by atoms with Gasteiger partial charge >= 0.3 is 0 Å². The fraction of sp³-hybridized carbons (Fsp3) is 0.538. The third-order valence-electron chi connectivity index (χ3n) is 3.05. The van der Waals surface area contributed by atoms with Crippen LogP contribution in [0, 0.1) is 5.82 Å². The molecule has 0 aliphatic heterocycles. The van der Waals surface area contributed by atoms with Crippen molar-refractivity contribution in [1.82, 2.24) is 0 Å². The van der Waals surface area contributed by atoms with Crippen LogP contribution in [0.3, 0.4) is 0 Å². The molecule has 0 fully saturated rings. The molecule has 0 saturated heterocycles. The van der Waals surface area contributed by atoms with Crippen molar-refractivity contribution in [2.75, 3.05) is 13.2 Å². The smallest absolute Gasteiger partial charge is 0.123 e. The second kappa shape index (κ2) is 5.97. The van der Waals surface area contributed by atoms with Crippen LogP contribution in [0.15, 0.2) is 24.3 Å². The highest BCUT2D eigenvalue weighted by atomic mass is 19.1. The third-order valence-corrected chi connectivity index (χ3v) is 3.05. The van der Waals surface area contributed by atoms with E-state index in [0.29, 0.717) is 12.0 Å². The molecule has 0 radical (unpaired) electrons. The molecule has 0 heterocycles. The maximum absolute atomic E-state index is 13.1. The van der Waals surface area contributed by atoms with E-state index in [1.807, 2.05) is 6.92 Å². The Morgan fingerprint density at radius 2 is 1.94 bits per heavy atom. The normalized spacial score (nSPS) is 11.8. The number of hydrogen-bond donors (Lipinski definition) is 2. The molecule has 0 saturated carbocycles. The molecular weight excluding hydrogens is 207 g/mol. The molecule has 1 aromatic carbocycles. The van der Waals surface area contributed by atoms with Gasteiger partial charge in [0.1, 0.15) is 5.82 Å². The lowest BCUT2D eigenvalue weighted by Gasteiger charge is -2.30. The zero-order chi connectivity index (χ0) is 12.0. The molecule has 90 valence electrons. The molecule has 0 aliphatic carbocycles. The van der Waals surface area contributed by atoms with Crippen LogP contribution < -0.4 is 0 Å². The van der Waals surface area contributed by atoms with Crippen molar-refractivity contribution in [2.45, 2.75) is 31.6 Å². The first kappa shape index (κ1) is 13.1. The Kier molecular flexibility index (Phi) is 4.90. The predicted octanol–water partition coefficient (Wildman–Crippen LogP) is 2.24. The lowest BCUT2D eigenvalue weighted by atomic mass is 9.78. The Hall–Kier alpha value is -0.930. The van der Waals surface area contributed by atoms with E-state index in [1.54, 1.807) is 12.1 Å². The average Bonchev–Trinajstić information content (AvgIpc) is 2.31. The van der Waals surface area contributed by atoms with Crippen LogP contribution in [0.4, 0.5) is 4.39 Å². The molecule has 0 aliphatic rings. The van der Waals surface area contributed by atoms with Gasteiger partial charge in [0.05, 0.1) is 13.2 Å². The van der Waals surface area contributed by atoms with Crippen LogP contribution in [0.25, 0.3) is 0 Å². The number of hydrogen-bond acceptors (Lipinski definition) is 2. The highest BCUT2D eigenvalue weighted by Gasteiger charge is 2.30. The van der Waals surface area contributed by atoms with E-state index in [0.717, 1.165) is 12.8 Å². The number of unbranched alkanes of at least 4 members (excludes halogenated alkanes) is 1. The second-order valence-corrected chi connectivity index (χ2v) is 4.21. The molecule has 16 heavy (non-hydrogen) atoms. The number of aliphatic hydroxyl groups excluding tert-OH is 2. The quantitative estimate of drug-likeness (QED) is 0.781. The van der Waals surface area contributed by atoms with Crippen molar-refractivity contribution in [3.8, 4) is 0 Å². The van der Waals surface area contributed by atoms with E-state index in [-0.39, 0.29) is 19.0 Å². The van der Waals surface area contributed by atoms with E-state index in [9.17, 15) is 14.6 Å². The molecule has 1 aromatic rings. The zero-order valence-corrected chi connectivity index (χ0v) is 9.62. The number of benzene rings is 1. The fourth-order valence-corrected chi connectivity index (χ4v) is 1.87. The highest BCUT2D eigenvalue weighted by molar-refractivity contribution is 5.26. The zero-order valence-electron chi connectivity index (χ0n) is 9.62. The van der Waals surface area contributed by atoms with Crippen LogP contribution in [-0.4, -0.2) is 23.4 Å². The van der Waals surface area contributed by atoms with Gasteiger partial charge in [-0.15, -0.1) is 0 Å². The summed E-state index contributed by atoms with van der Waals surface area (Å²) in [5.41, 5.74) is -0.0380. The molecule has 3 heteroatoms. The maximum atomic E-state index is 13.1. The summed E-state index contributed by atoms with van der Waals surface area (Å²) < 4.78 is 13.1. The minimum Gasteiger partial charge on any atom is -0.395 e. The van der Waals surface area contributed by atoms with Gasteiger partial charge < -0.3 is 10.2 Å². The Bertz CT molecular complexity index is 321. The molecule has 0 amide bonds. The van der Waals surface area contributed by atoms with Crippen LogP contribution in [0.1, 0.15) is 31.7 Å². The Labute approximate surface area is 95.7 Å². The van der Waals surface area contributed by atoms with Crippen molar-refractivity contribution in [3.63, 3.8) is 0 Å². The molecule has 0 aromatic heterocycles. The standard InChI is InChI=1S/C13H19FO2/c1-2-3-7-13(9-15,10-16)11-5-4-6-12(14)8-11/h4-6,8,15-16H,2-3,7,9-10H2,1H3. The molecule has 1 rings (SSSR count). The molecular formula is C13H19FO2. The van der Waals surface area contributed by atoms with Crippen LogP contribution in [0.2, 0.25) is 0 Å². The number of aliphatic hydroxyl groups is 2. The largest absolute Gasteiger partial charge is 0.395 e. The SMILES string of the molecule is CCCCC(CO)(CO)c1cccc(F)c1. The Morgan fingerprint density at radius 1 is 1.25 bits per heavy atom. The first-order valence-corrected chi connectivity index (χ1v) is 5.66. The monoisotopic (exact) mass is 226 g/mol. The van der Waals surface area contributed by atoms with Gasteiger partial charge in [-0.25, -0.2) is 4.39 Å². The molecule has 0 bridgehead atoms. The maximum Gasteiger partial charge on any atom is 0.123 e.